The first-order chi connectivity index (χ1) is 10.6. The van der Waals surface area contributed by atoms with Crippen molar-refractivity contribution < 1.29 is 0 Å². The third kappa shape index (κ3) is 3.20. The SMILES string of the molecule is C[C@H]1CCc2nc(/C(C#N)=C\c3ccc(Cl)cc3Cl)sc2C1. The molecule has 1 aromatic heterocycles. The standard InChI is InChI=1S/C17H14Cl2N2S/c1-10-2-5-15-16(6-10)22-17(21-15)12(9-20)7-11-3-4-13(18)8-14(11)19/h3-4,7-8,10H,2,5-6H2,1H3/b12-7-/t10-/m0/s1. The summed E-state index contributed by atoms with van der Waals surface area (Å²) in [6, 6.07) is 7.51. The normalized spacial score (nSPS) is 17.9. The monoisotopic (exact) mass is 348 g/mol. The minimum atomic E-state index is 0.537. The Morgan fingerprint density at radius 1 is 1.45 bits per heavy atom. The molecule has 0 saturated heterocycles. The van der Waals surface area contributed by atoms with Crippen molar-refractivity contribution in [2.24, 2.45) is 5.92 Å². The molecule has 0 spiro atoms. The van der Waals surface area contributed by atoms with E-state index in [0.29, 0.717) is 21.5 Å². The van der Waals surface area contributed by atoms with Crippen molar-refractivity contribution in [3.05, 3.63) is 49.4 Å². The quantitative estimate of drug-likeness (QED) is 0.658. The van der Waals surface area contributed by atoms with Crippen LogP contribution >= 0.6 is 34.5 Å². The second kappa shape index (κ2) is 6.42. The first kappa shape index (κ1) is 15.6. The first-order valence-corrected chi connectivity index (χ1v) is 8.70. The topological polar surface area (TPSA) is 36.7 Å². The van der Waals surface area contributed by atoms with Gasteiger partial charge in [-0.3, -0.25) is 0 Å². The van der Waals surface area contributed by atoms with Crippen molar-refractivity contribution in [3.63, 3.8) is 0 Å². The van der Waals surface area contributed by atoms with Gasteiger partial charge in [-0.2, -0.15) is 5.26 Å². The van der Waals surface area contributed by atoms with Crippen LogP contribution in [-0.4, -0.2) is 4.98 Å². The smallest absolute Gasteiger partial charge is 0.134 e. The number of aromatic nitrogens is 1. The molecule has 0 radical (unpaired) electrons. The molecule has 1 heterocycles. The summed E-state index contributed by atoms with van der Waals surface area (Å²) in [6.45, 7) is 2.26. The van der Waals surface area contributed by atoms with Gasteiger partial charge < -0.3 is 0 Å². The molecule has 1 atom stereocenters. The van der Waals surface area contributed by atoms with E-state index >= 15 is 0 Å². The van der Waals surface area contributed by atoms with Gasteiger partial charge in [0.2, 0.25) is 0 Å². The van der Waals surface area contributed by atoms with E-state index in [1.165, 1.54) is 11.3 Å². The molecule has 0 bridgehead atoms. The van der Waals surface area contributed by atoms with Gasteiger partial charge in [0.1, 0.15) is 11.1 Å². The summed E-state index contributed by atoms with van der Waals surface area (Å²) >= 11 is 13.7. The number of thiazole rings is 1. The maximum absolute atomic E-state index is 9.48. The van der Waals surface area contributed by atoms with Gasteiger partial charge in [-0.05, 0) is 49.0 Å². The summed E-state index contributed by atoms with van der Waals surface area (Å²) in [6.07, 6.45) is 5.03. The number of benzene rings is 1. The van der Waals surface area contributed by atoms with Crippen LogP contribution in [0.25, 0.3) is 11.6 Å². The maximum atomic E-state index is 9.48. The van der Waals surface area contributed by atoms with Crippen LogP contribution in [0.2, 0.25) is 10.0 Å². The fourth-order valence-corrected chi connectivity index (χ4v) is 4.27. The average Bonchev–Trinajstić information content (AvgIpc) is 2.89. The predicted molar refractivity (Wildman–Crippen MR) is 93.2 cm³/mol. The van der Waals surface area contributed by atoms with E-state index in [4.69, 9.17) is 23.2 Å². The summed E-state index contributed by atoms with van der Waals surface area (Å²) in [7, 11) is 0. The third-order valence-electron chi connectivity index (χ3n) is 3.80. The minimum Gasteiger partial charge on any atom is -0.240 e. The van der Waals surface area contributed by atoms with E-state index in [0.717, 1.165) is 29.1 Å². The Bertz CT molecular complexity index is 786. The van der Waals surface area contributed by atoms with Gasteiger partial charge in [0, 0.05) is 14.9 Å². The van der Waals surface area contributed by atoms with Crippen molar-refractivity contribution >= 4 is 46.2 Å². The zero-order chi connectivity index (χ0) is 15.7. The zero-order valence-corrected chi connectivity index (χ0v) is 14.4. The predicted octanol–water partition coefficient (Wildman–Crippen LogP) is 5.64. The Labute approximate surface area is 144 Å². The van der Waals surface area contributed by atoms with E-state index in [9.17, 15) is 5.26 Å². The molecule has 0 saturated carbocycles. The van der Waals surface area contributed by atoms with Crippen LogP contribution in [0, 0.1) is 17.2 Å². The molecule has 0 N–H and O–H groups in total. The fraction of sp³-hybridized carbons (Fsp3) is 0.294. The molecule has 22 heavy (non-hydrogen) atoms. The Kier molecular flexibility index (Phi) is 4.54. The Hall–Kier alpha value is -1.34. The number of nitrogens with zero attached hydrogens (tertiary/aromatic N) is 2. The molecule has 5 heteroatoms. The molecule has 0 aliphatic heterocycles. The van der Waals surface area contributed by atoms with Gasteiger partial charge in [-0.25, -0.2) is 4.98 Å². The lowest BCUT2D eigenvalue weighted by Gasteiger charge is -2.15. The second-order valence-electron chi connectivity index (χ2n) is 5.57. The Morgan fingerprint density at radius 3 is 3.00 bits per heavy atom. The first-order valence-electron chi connectivity index (χ1n) is 7.12. The molecule has 0 amide bonds. The number of rotatable bonds is 2. The molecule has 2 aromatic rings. The highest BCUT2D eigenvalue weighted by Crippen LogP contribution is 2.33. The van der Waals surface area contributed by atoms with E-state index in [-0.39, 0.29) is 0 Å². The van der Waals surface area contributed by atoms with Gasteiger partial charge in [0.25, 0.3) is 0 Å². The zero-order valence-electron chi connectivity index (χ0n) is 12.1. The van der Waals surface area contributed by atoms with Gasteiger partial charge in [0.05, 0.1) is 11.3 Å². The van der Waals surface area contributed by atoms with Crippen molar-refractivity contribution in [2.75, 3.05) is 0 Å². The summed E-state index contributed by atoms with van der Waals surface area (Å²) < 4.78 is 0. The number of nitriles is 1. The van der Waals surface area contributed by atoms with Crippen LogP contribution in [0.3, 0.4) is 0 Å². The van der Waals surface area contributed by atoms with E-state index in [1.807, 2.05) is 6.07 Å². The minimum absolute atomic E-state index is 0.537. The van der Waals surface area contributed by atoms with Crippen molar-refractivity contribution in [2.45, 2.75) is 26.2 Å². The lowest BCUT2D eigenvalue weighted by molar-refractivity contribution is 0.502. The van der Waals surface area contributed by atoms with E-state index in [1.54, 1.807) is 29.5 Å². The number of allylic oxidation sites excluding steroid dienone is 1. The van der Waals surface area contributed by atoms with Crippen LogP contribution in [0.1, 0.15) is 34.5 Å². The summed E-state index contributed by atoms with van der Waals surface area (Å²) in [5, 5.41) is 11.4. The highest BCUT2D eigenvalue weighted by molar-refractivity contribution is 7.13. The number of aryl methyl sites for hydroxylation is 1. The van der Waals surface area contributed by atoms with Gasteiger partial charge in [-0.1, -0.05) is 36.2 Å². The summed E-state index contributed by atoms with van der Waals surface area (Å²) in [4.78, 5) is 5.98. The number of halogens is 2. The molecule has 1 aliphatic carbocycles. The Balaban J connectivity index is 1.98. The van der Waals surface area contributed by atoms with E-state index < -0.39 is 0 Å². The molecule has 2 nitrogen and oxygen atoms in total. The number of hydrogen-bond donors (Lipinski definition) is 0. The third-order valence-corrected chi connectivity index (χ3v) is 5.51. The molecule has 112 valence electrons. The molecular weight excluding hydrogens is 335 g/mol. The van der Waals surface area contributed by atoms with Crippen molar-refractivity contribution in [1.82, 2.24) is 4.98 Å². The van der Waals surface area contributed by atoms with Crippen molar-refractivity contribution in [1.29, 1.82) is 5.26 Å². The molecule has 0 unspecified atom stereocenters. The average molecular weight is 349 g/mol. The van der Waals surface area contributed by atoms with Crippen LogP contribution in [0.15, 0.2) is 18.2 Å². The highest BCUT2D eigenvalue weighted by atomic mass is 35.5. The Morgan fingerprint density at radius 2 is 2.27 bits per heavy atom. The van der Waals surface area contributed by atoms with E-state index in [2.05, 4.69) is 18.0 Å². The largest absolute Gasteiger partial charge is 0.240 e. The van der Waals surface area contributed by atoms with Crippen LogP contribution < -0.4 is 0 Å². The molecule has 1 aliphatic rings. The highest BCUT2D eigenvalue weighted by Gasteiger charge is 2.21. The number of hydrogen-bond acceptors (Lipinski definition) is 3. The van der Waals surface area contributed by atoms with Crippen LogP contribution in [0.5, 0.6) is 0 Å². The van der Waals surface area contributed by atoms with Gasteiger partial charge >= 0.3 is 0 Å². The van der Waals surface area contributed by atoms with Crippen LogP contribution in [-0.2, 0) is 12.8 Å². The lowest BCUT2D eigenvalue weighted by atomic mass is 9.93. The fourth-order valence-electron chi connectivity index (χ4n) is 2.57. The van der Waals surface area contributed by atoms with Gasteiger partial charge in [0.15, 0.2) is 0 Å². The van der Waals surface area contributed by atoms with Gasteiger partial charge in [-0.15, -0.1) is 11.3 Å². The maximum Gasteiger partial charge on any atom is 0.134 e. The molecular formula is C17H14Cl2N2S. The second-order valence-corrected chi connectivity index (χ2v) is 7.50. The summed E-state index contributed by atoms with van der Waals surface area (Å²) in [5.74, 6) is 0.695. The van der Waals surface area contributed by atoms with Crippen LogP contribution in [0.4, 0.5) is 0 Å². The number of fused-ring (bicyclic) bond motifs is 1. The summed E-state index contributed by atoms with van der Waals surface area (Å²) in [5.41, 5.74) is 2.49. The molecule has 0 fully saturated rings. The van der Waals surface area contributed by atoms with Crippen molar-refractivity contribution in [3.8, 4) is 6.07 Å². The lowest BCUT2D eigenvalue weighted by Crippen LogP contribution is -2.09. The molecule has 3 rings (SSSR count). The molecule has 1 aromatic carbocycles.